The van der Waals surface area contributed by atoms with Crippen molar-refractivity contribution in [2.75, 3.05) is 13.7 Å². The number of nitrogens with one attached hydrogen (secondary N) is 1. The summed E-state index contributed by atoms with van der Waals surface area (Å²) >= 11 is 0. The van der Waals surface area contributed by atoms with Gasteiger partial charge in [0.05, 0.1) is 7.11 Å². The van der Waals surface area contributed by atoms with Crippen molar-refractivity contribution in [1.82, 2.24) is 10.3 Å². The van der Waals surface area contributed by atoms with Crippen molar-refractivity contribution >= 4 is 12.1 Å². The summed E-state index contributed by atoms with van der Waals surface area (Å²) in [6, 6.07) is 17.3. The van der Waals surface area contributed by atoms with Gasteiger partial charge < -0.3 is 14.8 Å². The fourth-order valence-corrected chi connectivity index (χ4v) is 4.08. The van der Waals surface area contributed by atoms with E-state index in [1.54, 1.807) is 12.4 Å². The average molecular weight is 416 g/mol. The lowest BCUT2D eigenvalue weighted by molar-refractivity contribution is -0.143. The molecule has 4 rings (SSSR count). The highest BCUT2D eigenvalue weighted by Gasteiger charge is 2.30. The molecule has 1 aliphatic carbocycles. The predicted molar refractivity (Wildman–Crippen MR) is 117 cm³/mol. The fourth-order valence-electron chi connectivity index (χ4n) is 4.08. The van der Waals surface area contributed by atoms with Crippen molar-refractivity contribution in [3.05, 3.63) is 89.2 Å². The Morgan fingerprint density at radius 1 is 1.03 bits per heavy atom. The molecule has 0 radical (unpaired) electrons. The Kier molecular flexibility index (Phi) is 5.98. The Bertz CT molecular complexity index is 1070. The van der Waals surface area contributed by atoms with E-state index in [0.29, 0.717) is 0 Å². The largest absolute Gasteiger partial charge is 0.467 e. The molecule has 1 N–H and O–H groups in total. The summed E-state index contributed by atoms with van der Waals surface area (Å²) in [5, 5.41) is 2.64. The van der Waals surface area contributed by atoms with Crippen LogP contribution in [0.25, 0.3) is 11.1 Å². The number of carbonyl (C=O) groups is 2. The Morgan fingerprint density at radius 2 is 1.68 bits per heavy atom. The molecule has 1 atom stereocenters. The van der Waals surface area contributed by atoms with Crippen LogP contribution in [0.4, 0.5) is 4.79 Å². The third-order valence-electron chi connectivity index (χ3n) is 5.49. The number of hydrogen-bond acceptors (Lipinski definition) is 5. The molecule has 3 aromatic rings. The van der Waals surface area contributed by atoms with Crippen LogP contribution in [0.5, 0.6) is 0 Å². The van der Waals surface area contributed by atoms with Crippen LogP contribution in [-0.4, -0.2) is 36.8 Å². The maximum absolute atomic E-state index is 12.6. The first-order valence-corrected chi connectivity index (χ1v) is 10.2. The van der Waals surface area contributed by atoms with Crippen LogP contribution in [0.2, 0.25) is 0 Å². The fraction of sp³-hybridized carbons (Fsp3) is 0.240. The molecule has 0 aliphatic heterocycles. The molecule has 1 aliphatic rings. The Morgan fingerprint density at radius 3 is 2.29 bits per heavy atom. The summed E-state index contributed by atoms with van der Waals surface area (Å²) in [4.78, 5) is 28.9. The number of alkyl carbamates (subject to hydrolysis) is 1. The van der Waals surface area contributed by atoms with Crippen LogP contribution in [-0.2, 0) is 20.7 Å². The van der Waals surface area contributed by atoms with Crippen molar-refractivity contribution in [1.29, 1.82) is 0 Å². The monoisotopic (exact) mass is 416 g/mol. The first kappa shape index (κ1) is 20.6. The van der Waals surface area contributed by atoms with Crippen LogP contribution in [0.1, 0.15) is 28.2 Å². The van der Waals surface area contributed by atoms with Gasteiger partial charge in [0.25, 0.3) is 0 Å². The van der Waals surface area contributed by atoms with Gasteiger partial charge in [-0.15, -0.1) is 0 Å². The van der Waals surface area contributed by atoms with E-state index in [1.165, 1.54) is 7.11 Å². The van der Waals surface area contributed by atoms with Crippen LogP contribution in [0.15, 0.2) is 67.0 Å². The molecule has 2 aromatic carbocycles. The minimum Gasteiger partial charge on any atom is -0.467 e. The smallest absolute Gasteiger partial charge is 0.407 e. The number of methoxy groups -OCH3 is 1. The average Bonchev–Trinajstić information content (AvgIpc) is 3.10. The lowest BCUT2D eigenvalue weighted by Gasteiger charge is -2.18. The number of rotatable bonds is 6. The molecular weight excluding hydrogens is 392 g/mol. The molecule has 0 bridgehead atoms. The highest BCUT2D eigenvalue weighted by molar-refractivity contribution is 5.82. The summed E-state index contributed by atoms with van der Waals surface area (Å²) in [6.07, 6.45) is 3.02. The predicted octanol–water partition coefficient (Wildman–Crippen LogP) is 4.01. The van der Waals surface area contributed by atoms with E-state index >= 15 is 0 Å². The zero-order valence-corrected chi connectivity index (χ0v) is 17.5. The van der Waals surface area contributed by atoms with E-state index in [-0.39, 0.29) is 18.9 Å². The van der Waals surface area contributed by atoms with Crippen molar-refractivity contribution in [2.45, 2.75) is 25.3 Å². The van der Waals surface area contributed by atoms with Crippen molar-refractivity contribution in [3.63, 3.8) is 0 Å². The second kappa shape index (κ2) is 9.00. The molecular formula is C25H24N2O4. The maximum atomic E-state index is 12.6. The number of aryl methyl sites for hydroxylation is 1. The molecule has 0 unspecified atom stereocenters. The summed E-state index contributed by atoms with van der Waals surface area (Å²) in [5.41, 5.74) is 6.38. The van der Waals surface area contributed by atoms with E-state index in [1.807, 2.05) is 37.3 Å². The maximum Gasteiger partial charge on any atom is 0.407 e. The summed E-state index contributed by atoms with van der Waals surface area (Å²) in [5.74, 6) is -0.578. The van der Waals surface area contributed by atoms with Gasteiger partial charge >= 0.3 is 12.1 Å². The molecule has 0 spiro atoms. The van der Waals surface area contributed by atoms with Crippen molar-refractivity contribution < 1.29 is 19.1 Å². The van der Waals surface area contributed by atoms with E-state index in [2.05, 4.69) is 34.6 Å². The van der Waals surface area contributed by atoms with E-state index in [4.69, 9.17) is 9.47 Å². The van der Waals surface area contributed by atoms with Gasteiger partial charge in [0.15, 0.2) is 0 Å². The molecule has 158 valence electrons. The molecule has 1 aromatic heterocycles. The Labute approximate surface area is 181 Å². The van der Waals surface area contributed by atoms with E-state index in [9.17, 15) is 9.59 Å². The number of amides is 1. The zero-order chi connectivity index (χ0) is 21.8. The van der Waals surface area contributed by atoms with Gasteiger partial charge in [-0.05, 0) is 40.3 Å². The SMILES string of the molecule is COC(=O)[C@H](Cc1cncc(C)c1)NC(=O)OCC1c2ccccc2-c2ccccc21. The Hall–Kier alpha value is -3.67. The number of hydrogen-bond donors (Lipinski definition) is 1. The highest BCUT2D eigenvalue weighted by atomic mass is 16.6. The molecule has 6 nitrogen and oxygen atoms in total. The van der Waals surface area contributed by atoms with Crippen molar-refractivity contribution in [2.24, 2.45) is 0 Å². The molecule has 31 heavy (non-hydrogen) atoms. The summed E-state index contributed by atoms with van der Waals surface area (Å²) in [7, 11) is 1.29. The minimum atomic E-state index is -0.857. The van der Waals surface area contributed by atoms with Gasteiger partial charge in [-0.25, -0.2) is 9.59 Å². The van der Waals surface area contributed by atoms with E-state index in [0.717, 1.165) is 33.4 Å². The number of esters is 1. The van der Waals surface area contributed by atoms with Crippen LogP contribution in [0.3, 0.4) is 0 Å². The number of nitrogens with zero attached hydrogens (tertiary/aromatic N) is 1. The lowest BCUT2D eigenvalue weighted by atomic mass is 9.98. The second-order valence-electron chi connectivity index (χ2n) is 7.62. The normalized spacial score (nSPS) is 13.1. The molecule has 6 heteroatoms. The topological polar surface area (TPSA) is 77.5 Å². The van der Waals surface area contributed by atoms with Crippen LogP contribution in [0, 0.1) is 6.92 Å². The van der Waals surface area contributed by atoms with Crippen molar-refractivity contribution in [3.8, 4) is 11.1 Å². The van der Waals surface area contributed by atoms with Gasteiger partial charge in [-0.2, -0.15) is 0 Å². The first-order chi connectivity index (χ1) is 15.1. The molecule has 1 amide bonds. The van der Waals surface area contributed by atoms with Crippen LogP contribution >= 0.6 is 0 Å². The third-order valence-corrected chi connectivity index (χ3v) is 5.49. The highest BCUT2D eigenvalue weighted by Crippen LogP contribution is 2.44. The van der Waals surface area contributed by atoms with E-state index < -0.39 is 18.1 Å². The van der Waals surface area contributed by atoms with Gasteiger partial charge in [-0.1, -0.05) is 54.6 Å². The molecule has 0 fully saturated rings. The number of fused-ring (bicyclic) bond motifs is 3. The number of carbonyl (C=O) groups excluding carboxylic acids is 2. The third kappa shape index (κ3) is 4.43. The summed E-state index contributed by atoms with van der Waals surface area (Å²) < 4.78 is 10.4. The lowest BCUT2D eigenvalue weighted by Crippen LogP contribution is -2.43. The number of benzene rings is 2. The number of ether oxygens (including phenoxy) is 2. The van der Waals surface area contributed by atoms with Gasteiger partial charge in [0.2, 0.25) is 0 Å². The van der Waals surface area contributed by atoms with Gasteiger partial charge in [0.1, 0.15) is 12.6 Å². The first-order valence-electron chi connectivity index (χ1n) is 10.2. The van der Waals surface area contributed by atoms with Crippen LogP contribution < -0.4 is 5.32 Å². The Balaban J connectivity index is 1.45. The molecule has 0 saturated carbocycles. The quantitative estimate of drug-likeness (QED) is 0.615. The number of pyridine rings is 1. The standard InChI is InChI=1S/C25H24N2O4/c1-16-11-17(14-26-13-16)12-23(24(28)30-2)27-25(29)31-15-22-20-9-5-3-7-18(20)19-8-4-6-10-21(19)22/h3-11,13-14,22-23H,12,15H2,1-2H3,(H,27,29)/t23-/m0/s1. The van der Waals surface area contributed by atoms with Gasteiger partial charge in [0, 0.05) is 24.7 Å². The second-order valence-corrected chi connectivity index (χ2v) is 7.62. The van der Waals surface area contributed by atoms with Gasteiger partial charge in [-0.3, -0.25) is 4.98 Å². The minimum absolute atomic E-state index is 0.0456. The molecule has 1 heterocycles. The molecule has 0 saturated heterocycles. The summed E-state index contributed by atoms with van der Waals surface area (Å²) in [6.45, 7) is 2.10. The number of aromatic nitrogens is 1. The zero-order valence-electron chi connectivity index (χ0n) is 17.5.